The molecule has 1 amide bonds. The minimum absolute atomic E-state index is 0.143. The van der Waals surface area contributed by atoms with Crippen molar-refractivity contribution < 1.29 is 9.18 Å². The molecule has 2 aromatic heterocycles. The number of benzene rings is 1. The summed E-state index contributed by atoms with van der Waals surface area (Å²) < 4.78 is 9.50. The van der Waals surface area contributed by atoms with E-state index >= 15 is 0 Å². The van der Waals surface area contributed by atoms with Gasteiger partial charge in [0.2, 0.25) is 5.91 Å². The standard InChI is InChI=1S/C14H11ClN4OS.CH3F/c15-9-5-6-12(16-7-9)19-13(20)8-21-14-17-10-3-1-2-4-11(10)18-14;1-2/h1-7H,8H2,(H,17,18)(H,16,19,20);1H3. The molecule has 8 heteroatoms. The molecule has 120 valence electrons. The molecule has 0 aliphatic rings. The van der Waals surface area contributed by atoms with Crippen molar-refractivity contribution in [2.24, 2.45) is 0 Å². The monoisotopic (exact) mass is 352 g/mol. The maximum atomic E-state index is 11.8. The highest BCUT2D eigenvalue weighted by Gasteiger charge is 2.07. The maximum absolute atomic E-state index is 11.8. The number of hydrogen-bond donors (Lipinski definition) is 2. The number of hydrogen-bond acceptors (Lipinski definition) is 4. The van der Waals surface area contributed by atoms with Gasteiger partial charge in [0, 0.05) is 6.20 Å². The number of amides is 1. The van der Waals surface area contributed by atoms with Gasteiger partial charge in [-0.15, -0.1) is 0 Å². The number of carbonyl (C=O) groups is 1. The van der Waals surface area contributed by atoms with Gasteiger partial charge in [-0.3, -0.25) is 9.18 Å². The topological polar surface area (TPSA) is 70.7 Å². The number of halogens is 2. The quantitative estimate of drug-likeness (QED) is 0.698. The minimum Gasteiger partial charge on any atom is -0.333 e. The molecule has 0 aliphatic carbocycles. The number of nitrogens with zero attached hydrogens (tertiary/aromatic N) is 2. The molecule has 5 nitrogen and oxygen atoms in total. The number of aromatic nitrogens is 3. The van der Waals surface area contributed by atoms with Gasteiger partial charge in [-0.2, -0.15) is 0 Å². The molecule has 23 heavy (non-hydrogen) atoms. The van der Waals surface area contributed by atoms with Gasteiger partial charge in [-0.25, -0.2) is 9.97 Å². The van der Waals surface area contributed by atoms with Gasteiger partial charge in [-0.05, 0) is 24.3 Å². The van der Waals surface area contributed by atoms with E-state index in [1.807, 2.05) is 24.3 Å². The van der Waals surface area contributed by atoms with Crippen LogP contribution in [0.5, 0.6) is 0 Å². The Morgan fingerprint density at radius 2 is 2.09 bits per heavy atom. The molecule has 3 aromatic rings. The molecule has 0 saturated heterocycles. The summed E-state index contributed by atoms with van der Waals surface area (Å²) in [6.07, 6.45) is 1.49. The number of alkyl halides is 1. The Bertz CT molecular complexity index is 746. The summed E-state index contributed by atoms with van der Waals surface area (Å²) in [7, 11) is 0.500. The number of aromatic amines is 1. The largest absolute Gasteiger partial charge is 0.333 e. The molecule has 1 aromatic carbocycles. The number of para-hydroxylation sites is 2. The molecule has 0 fully saturated rings. The molecule has 0 aliphatic heterocycles. The molecule has 0 spiro atoms. The van der Waals surface area contributed by atoms with Gasteiger partial charge in [0.25, 0.3) is 0 Å². The van der Waals surface area contributed by atoms with Crippen molar-refractivity contribution in [2.45, 2.75) is 5.16 Å². The lowest BCUT2D eigenvalue weighted by molar-refractivity contribution is -0.113. The SMILES string of the molecule is CF.O=C(CSc1nc2ccccc2[nH]1)Nc1ccc(Cl)cn1. The Labute approximate surface area is 141 Å². The van der Waals surface area contributed by atoms with Crippen LogP contribution < -0.4 is 5.32 Å². The van der Waals surface area contributed by atoms with Gasteiger partial charge in [-0.1, -0.05) is 35.5 Å². The maximum Gasteiger partial charge on any atom is 0.236 e. The number of thioether (sulfide) groups is 1. The highest BCUT2D eigenvalue weighted by atomic mass is 35.5. The van der Waals surface area contributed by atoms with E-state index in [0.717, 1.165) is 16.2 Å². The van der Waals surface area contributed by atoms with E-state index in [1.54, 1.807) is 12.1 Å². The predicted octanol–water partition coefficient (Wildman–Crippen LogP) is 3.93. The van der Waals surface area contributed by atoms with Crippen LogP contribution in [0.15, 0.2) is 47.8 Å². The van der Waals surface area contributed by atoms with Crippen molar-refractivity contribution in [2.75, 3.05) is 18.2 Å². The van der Waals surface area contributed by atoms with Crippen LogP contribution in [-0.4, -0.2) is 33.8 Å². The summed E-state index contributed by atoms with van der Waals surface area (Å²) >= 11 is 7.08. The Hall–Kier alpha value is -2.12. The van der Waals surface area contributed by atoms with Crippen LogP contribution in [0.3, 0.4) is 0 Å². The van der Waals surface area contributed by atoms with E-state index in [1.165, 1.54) is 18.0 Å². The van der Waals surface area contributed by atoms with Crippen LogP contribution >= 0.6 is 23.4 Å². The zero-order valence-corrected chi connectivity index (χ0v) is 13.8. The molecule has 2 heterocycles. The van der Waals surface area contributed by atoms with Crippen LogP contribution in [-0.2, 0) is 4.79 Å². The van der Waals surface area contributed by atoms with E-state index in [4.69, 9.17) is 11.6 Å². The number of fused-ring (bicyclic) bond motifs is 1. The first-order valence-electron chi connectivity index (χ1n) is 6.57. The van der Waals surface area contributed by atoms with Crippen molar-refractivity contribution >= 4 is 46.1 Å². The lowest BCUT2D eigenvalue weighted by atomic mass is 10.3. The average Bonchev–Trinajstić information content (AvgIpc) is 3.00. The molecule has 0 radical (unpaired) electrons. The number of H-pyrrole nitrogens is 1. The third-order valence-corrected chi connectivity index (χ3v) is 3.80. The summed E-state index contributed by atoms with van der Waals surface area (Å²) in [6.45, 7) is 0. The Balaban J connectivity index is 0.000000924. The van der Waals surface area contributed by atoms with Gasteiger partial charge in [0.05, 0.1) is 29.0 Å². The summed E-state index contributed by atoms with van der Waals surface area (Å²) in [5.41, 5.74) is 1.85. The molecule has 0 unspecified atom stereocenters. The van der Waals surface area contributed by atoms with E-state index < -0.39 is 0 Å². The van der Waals surface area contributed by atoms with Gasteiger partial charge < -0.3 is 10.3 Å². The first-order chi connectivity index (χ1) is 11.2. The smallest absolute Gasteiger partial charge is 0.236 e. The van der Waals surface area contributed by atoms with Gasteiger partial charge in [0.1, 0.15) is 5.82 Å². The van der Waals surface area contributed by atoms with Crippen molar-refractivity contribution in [1.82, 2.24) is 15.0 Å². The molecule has 0 atom stereocenters. The summed E-state index contributed by atoms with van der Waals surface area (Å²) in [5, 5.41) is 3.95. The summed E-state index contributed by atoms with van der Waals surface area (Å²) in [4.78, 5) is 23.4. The summed E-state index contributed by atoms with van der Waals surface area (Å²) in [6, 6.07) is 11.1. The Morgan fingerprint density at radius 3 is 2.78 bits per heavy atom. The fourth-order valence-corrected chi connectivity index (χ4v) is 2.56. The first-order valence-corrected chi connectivity index (χ1v) is 7.94. The Kier molecular flexibility index (Phi) is 6.37. The van der Waals surface area contributed by atoms with Crippen LogP contribution in [0.25, 0.3) is 11.0 Å². The van der Waals surface area contributed by atoms with E-state index in [2.05, 4.69) is 20.3 Å². The fraction of sp³-hybridized carbons (Fsp3) is 0.133. The van der Waals surface area contributed by atoms with Crippen molar-refractivity contribution in [1.29, 1.82) is 0 Å². The van der Waals surface area contributed by atoms with Crippen molar-refractivity contribution in [3.63, 3.8) is 0 Å². The molecule has 0 bridgehead atoms. The second kappa shape index (κ2) is 8.50. The molecular formula is C15H14ClFN4OS. The van der Waals surface area contributed by atoms with Gasteiger partial charge in [0.15, 0.2) is 5.16 Å². The van der Waals surface area contributed by atoms with Crippen LogP contribution in [0.2, 0.25) is 5.02 Å². The second-order valence-corrected chi connectivity index (χ2v) is 5.66. The third kappa shape index (κ3) is 4.94. The van der Waals surface area contributed by atoms with E-state index in [0.29, 0.717) is 18.0 Å². The zero-order chi connectivity index (χ0) is 16.7. The number of nitrogens with one attached hydrogen (secondary N) is 2. The number of anilines is 1. The molecule has 0 saturated carbocycles. The van der Waals surface area contributed by atoms with Crippen molar-refractivity contribution in [3.05, 3.63) is 47.6 Å². The lowest BCUT2D eigenvalue weighted by Crippen LogP contribution is -2.14. The normalized spacial score (nSPS) is 10.0. The fourth-order valence-electron chi connectivity index (χ4n) is 1.76. The van der Waals surface area contributed by atoms with Gasteiger partial charge >= 0.3 is 0 Å². The predicted molar refractivity (Wildman–Crippen MR) is 91.7 cm³/mol. The highest BCUT2D eigenvalue weighted by molar-refractivity contribution is 7.99. The first kappa shape index (κ1) is 17.2. The van der Waals surface area contributed by atoms with Crippen LogP contribution in [0.1, 0.15) is 0 Å². The van der Waals surface area contributed by atoms with E-state index in [-0.39, 0.29) is 11.7 Å². The van der Waals surface area contributed by atoms with Crippen molar-refractivity contribution in [3.8, 4) is 0 Å². The second-order valence-electron chi connectivity index (χ2n) is 4.26. The van der Waals surface area contributed by atoms with Crippen LogP contribution in [0.4, 0.5) is 10.2 Å². The molecule has 2 N–H and O–H groups in total. The number of pyridine rings is 1. The van der Waals surface area contributed by atoms with E-state index in [9.17, 15) is 9.18 Å². The highest BCUT2D eigenvalue weighted by Crippen LogP contribution is 2.19. The molecule has 3 rings (SSSR count). The zero-order valence-electron chi connectivity index (χ0n) is 12.2. The number of rotatable bonds is 4. The Morgan fingerprint density at radius 1 is 1.30 bits per heavy atom. The number of carbonyl (C=O) groups excluding carboxylic acids is 1. The number of imidazole rings is 1. The average molecular weight is 353 g/mol. The van der Waals surface area contributed by atoms with Crippen LogP contribution in [0, 0.1) is 0 Å². The lowest BCUT2D eigenvalue weighted by Gasteiger charge is -2.02. The third-order valence-electron chi connectivity index (χ3n) is 2.70. The minimum atomic E-state index is -0.143. The summed E-state index contributed by atoms with van der Waals surface area (Å²) in [5.74, 6) is 0.592. The molecular weight excluding hydrogens is 339 g/mol.